The van der Waals surface area contributed by atoms with E-state index in [9.17, 15) is 14.0 Å². The van der Waals surface area contributed by atoms with Gasteiger partial charge in [0.25, 0.3) is 5.91 Å². The number of benzene rings is 3. The van der Waals surface area contributed by atoms with Crippen LogP contribution in [0.3, 0.4) is 0 Å². The summed E-state index contributed by atoms with van der Waals surface area (Å²) in [4.78, 5) is 29.8. The van der Waals surface area contributed by atoms with Gasteiger partial charge in [0, 0.05) is 13.1 Å². The van der Waals surface area contributed by atoms with E-state index in [0.29, 0.717) is 24.5 Å². The zero-order valence-corrected chi connectivity index (χ0v) is 18.2. The number of nitrogens with zero attached hydrogens (tertiary/aromatic N) is 2. The molecule has 6 heteroatoms. The molecule has 1 atom stereocenters. The number of anilines is 2. The predicted molar refractivity (Wildman–Crippen MR) is 124 cm³/mol. The zero-order chi connectivity index (χ0) is 22.7. The maximum atomic E-state index is 14.1. The Morgan fingerprint density at radius 1 is 1.00 bits per heavy atom. The number of rotatable bonds is 5. The quantitative estimate of drug-likeness (QED) is 0.557. The fourth-order valence-corrected chi connectivity index (χ4v) is 4.06. The number of carbonyl (C=O) groups is 2. The summed E-state index contributed by atoms with van der Waals surface area (Å²) in [6.07, 6.45) is 0.803. The average molecular weight is 432 g/mol. The first kappa shape index (κ1) is 21.6. The van der Waals surface area contributed by atoms with Gasteiger partial charge in [-0.3, -0.25) is 9.69 Å². The minimum absolute atomic E-state index is 0.0377. The highest BCUT2D eigenvalue weighted by Crippen LogP contribution is 2.33. The van der Waals surface area contributed by atoms with Gasteiger partial charge in [0.15, 0.2) is 0 Å². The summed E-state index contributed by atoms with van der Waals surface area (Å²) in [5.74, 6) is -1.13. The number of urea groups is 1. The first-order valence-corrected chi connectivity index (χ1v) is 10.8. The van der Waals surface area contributed by atoms with Crippen molar-refractivity contribution < 1.29 is 14.0 Å². The van der Waals surface area contributed by atoms with E-state index < -0.39 is 11.7 Å². The van der Waals surface area contributed by atoms with E-state index in [4.69, 9.17) is 0 Å². The van der Waals surface area contributed by atoms with Crippen molar-refractivity contribution in [2.24, 2.45) is 0 Å². The Hall–Kier alpha value is -3.67. The van der Waals surface area contributed by atoms with Crippen molar-refractivity contribution >= 4 is 23.3 Å². The van der Waals surface area contributed by atoms with E-state index >= 15 is 0 Å². The molecule has 5 nitrogen and oxygen atoms in total. The van der Waals surface area contributed by atoms with Crippen molar-refractivity contribution in [2.45, 2.75) is 26.3 Å². The van der Waals surface area contributed by atoms with Crippen molar-refractivity contribution in [3.8, 4) is 0 Å². The molecule has 0 saturated carbocycles. The van der Waals surface area contributed by atoms with E-state index in [1.54, 1.807) is 23.1 Å². The molecule has 1 N–H and O–H groups in total. The van der Waals surface area contributed by atoms with Crippen LogP contribution in [-0.2, 0) is 0 Å². The molecular weight excluding hydrogens is 405 g/mol. The van der Waals surface area contributed by atoms with E-state index in [-0.39, 0.29) is 17.6 Å². The van der Waals surface area contributed by atoms with Crippen LogP contribution in [0.25, 0.3) is 0 Å². The minimum atomic E-state index is -0.587. The molecular formula is C26H26FN3O2. The van der Waals surface area contributed by atoms with Crippen molar-refractivity contribution in [3.63, 3.8) is 0 Å². The molecule has 0 radical (unpaired) electrons. The Morgan fingerprint density at radius 3 is 2.47 bits per heavy atom. The molecule has 1 fully saturated rings. The second kappa shape index (κ2) is 9.22. The maximum absolute atomic E-state index is 14.1. The standard InChI is InChI=1S/C26H26FN3O2/c1-18-13-14-24(23(17-18)28-25(31)21-11-6-7-12-22(21)27)30-16-8-15-29(26(30)32)19(2)20-9-4-3-5-10-20/h3-7,9-14,17,19H,8,15-16H2,1-2H3,(H,28,31). The lowest BCUT2D eigenvalue weighted by Gasteiger charge is -2.39. The summed E-state index contributed by atoms with van der Waals surface area (Å²) in [6, 6.07) is 21.1. The van der Waals surface area contributed by atoms with E-state index in [1.165, 1.54) is 12.1 Å². The molecule has 0 aliphatic carbocycles. The fourth-order valence-electron chi connectivity index (χ4n) is 4.06. The van der Waals surface area contributed by atoms with Crippen LogP contribution in [0.2, 0.25) is 0 Å². The van der Waals surface area contributed by atoms with E-state index in [1.807, 2.05) is 61.2 Å². The van der Waals surface area contributed by atoms with Crippen LogP contribution in [0.5, 0.6) is 0 Å². The summed E-state index contributed by atoms with van der Waals surface area (Å²) in [5.41, 5.74) is 3.05. The van der Waals surface area contributed by atoms with Crippen LogP contribution >= 0.6 is 0 Å². The third-order valence-electron chi connectivity index (χ3n) is 5.82. The number of nitrogens with one attached hydrogen (secondary N) is 1. The number of amides is 3. The molecule has 0 aromatic heterocycles. The van der Waals surface area contributed by atoms with Crippen LogP contribution in [0.4, 0.5) is 20.6 Å². The maximum Gasteiger partial charge on any atom is 0.325 e. The van der Waals surface area contributed by atoms with Gasteiger partial charge in [-0.1, -0.05) is 48.5 Å². The molecule has 3 amide bonds. The summed E-state index contributed by atoms with van der Waals surface area (Å²) < 4.78 is 14.1. The van der Waals surface area contributed by atoms with Crippen molar-refractivity contribution in [1.82, 2.24) is 4.90 Å². The molecule has 3 aromatic carbocycles. The highest BCUT2D eigenvalue weighted by molar-refractivity contribution is 6.08. The molecule has 0 spiro atoms. The Balaban J connectivity index is 1.62. The SMILES string of the molecule is Cc1ccc(N2CCCN(C(C)c3ccccc3)C2=O)c(NC(=O)c2ccccc2F)c1. The smallest absolute Gasteiger partial charge is 0.320 e. The largest absolute Gasteiger partial charge is 0.325 e. The van der Waals surface area contributed by atoms with Crippen molar-refractivity contribution in [1.29, 1.82) is 0 Å². The van der Waals surface area contributed by atoms with Gasteiger partial charge >= 0.3 is 6.03 Å². The summed E-state index contributed by atoms with van der Waals surface area (Å²) in [6.45, 7) is 5.13. The number of hydrogen-bond donors (Lipinski definition) is 1. The minimum Gasteiger partial charge on any atom is -0.320 e. The molecule has 1 aliphatic rings. The zero-order valence-electron chi connectivity index (χ0n) is 18.2. The first-order valence-electron chi connectivity index (χ1n) is 10.8. The average Bonchev–Trinajstić information content (AvgIpc) is 2.80. The van der Waals surface area contributed by atoms with Crippen molar-refractivity contribution in [3.05, 3.63) is 95.3 Å². The molecule has 32 heavy (non-hydrogen) atoms. The van der Waals surface area contributed by atoms with Gasteiger partial charge in [-0.05, 0) is 55.7 Å². The van der Waals surface area contributed by atoms with Crippen LogP contribution in [0.1, 0.15) is 40.9 Å². The number of hydrogen-bond acceptors (Lipinski definition) is 2. The van der Waals surface area contributed by atoms with Crippen molar-refractivity contribution in [2.75, 3.05) is 23.3 Å². The predicted octanol–water partition coefficient (Wildman–Crippen LogP) is 5.78. The lowest BCUT2D eigenvalue weighted by atomic mass is 10.1. The topological polar surface area (TPSA) is 52.6 Å². The lowest BCUT2D eigenvalue weighted by molar-refractivity contribution is 0.102. The first-order chi connectivity index (χ1) is 15.5. The van der Waals surface area contributed by atoms with E-state index in [0.717, 1.165) is 17.5 Å². The highest BCUT2D eigenvalue weighted by Gasteiger charge is 2.32. The van der Waals surface area contributed by atoms with Gasteiger partial charge in [-0.25, -0.2) is 9.18 Å². The molecule has 3 aromatic rings. The van der Waals surface area contributed by atoms with E-state index in [2.05, 4.69) is 5.32 Å². The molecule has 0 bridgehead atoms. The van der Waals surface area contributed by atoms with Gasteiger partial charge < -0.3 is 10.2 Å². The van der Waals surface area contributed by atoms with Gasteiger partial charge in [0.05, 0.1) is 23.0 Å². The number of halogens is 1. The van der Waals surface area contributed by atoms with Crippen LogP contribution in [0, 0.1) is 12.7 Å². The van der Waals surface area contributed by atoms with Gasteiger partial charge in [0.2, 0.25) is 0 Å². The monoisotopic (exact) mass is 431 g/mol. The summed E-state index contributed by atoms with van der Waals surface area (Å²) >= 11 is 0. The molecule has 1 unspecified atom stereocenters. The molecule has 164 valence electrons. The third-order valence-corrected chi connectivity index (χ3v) is 5.82. The molecule has 1 saturated heterocycles. The van der Waals surface area contributed by atoms with Crippen LogP contribution in [0.15, 0.2) is 72.8 Å². The normalized spacial score (nSPS) is 14.9. The Morgan fingerprint density at radius 2 is 1.72 bits per heavy atom. The Labute approximate surface area is 187 Å². The summed E-state index contributed by atoms with van der Waals surface area (Å²) in [5, 5.41) is 2.81. The fraction of sp³-hybridized carbons (Fsp3) is 0.231. The second-order valence-corrected chi connectivity index (χ2v) is 8.02. The number of carbonyl (C=O) groups excluding carboxylic acids is 2. The third kappa shape index (κ3) is 4.35. The van der Waals surface area contributed by atoms with Crippen LogP contribution < -0.4 is 10.2 Å². The Kier molecular flexibility index (Phi) is 6.21. The molecule has 1 heterocycles. The van der Waals surface area contributed by atoms with Gasteiger partial charge in [-0.15, -0.1) is 0 Å². The second-order valence-electron chi connectivity index (χ2n) is 8.02. The number of aryl methyl sites for hydroxylation is 1. The van der Waals surface area contributed by atoms with Gasteiger partial charge in [-0.2, -0.15) is 0 Å². The van der Waals surface area contributed by atoms with Crippen LogP contribution in [-0.4, -0.2) is 29.9 Å². The molecule has 4 rings (SSSR count). The van der Waals surface area contributed by atoms with Gasteiger partial charge in [0.1, 0.15) is 5.82 Å². The lowest BCUT2D eigenvalue weighted by Crippen LogP contribution is -2.50. The molecule has 1 aliphatic heterocycles. The Bertz CT molecular complexity index is 1130. The summed E-state index contributed by atoms with van der Waals surface area (Å²) in [7, 11) is 0. The highest BCUT2D eigenvalue weighted by atomic mass is 19.1.